The van der Waals surface area contributed by atoms with Crippen LogP contribution in [0.15, 0.2) is 75.4 Å². The van der Waals surface area contributed by atoms with Crippen LogP contribution in [0.4, 0.5) is 22.1 Å². The van der Waals surface area contributed by atoms with Gasteiger partial charge in [0, 0.05) is 18.6 Å². The highest BCUT2D eigenvalue weighted by Gasteiger charge is 2.13. The number of azo groups is 2. The predicted molar refractivity (Wildman–Crippen MR) is 99.8 cm³/mol. The average Bonchev–Trinajstić information content (AvgIpc) is 3.11. The van der Waals surface area contributed by atoms with Gasteiger partial charge < -0.3 is 10.2 Å². The number of rotatable bonds is 4. The van der Waals surface area contributed by atoms with Crippen molar-refractivity contribution in [1.82, 2.24) is 14.3 Å². The van der Waals surface area contributed by atoms with Crippen LogP contribution in [0, 0.1) is 0 Å². The highest BCUT2D eigenvalue weighted by atomic mass is 32.1. The lowest BCUT2D eigenvalue weighted by molar-refractivity contribution is 0.453. The van der Waals surface area contributed by atoms with Crippen molar-refractivity contribution in [2.45, 2.75) is 0 Å². The summed E-state index contributed by atoms with van der Waals surface area (Å²) in [6.07, 6.45) is 4.77. The van der Waals surface area contributed by atoms with Crippen LogP contribution < -0.4 is 0 Å². The molecule has 0 bridgehead atoms. The minimum Gasteiger partial charge on any atom is -0.505 e. The molecule has 0 aliphatic heterocycles. The molecule has 0 saturated carbocycles. The Labute approximate surface area is 156 Å². The minimum absolute atomic E-state index is 0.101. The van der Waals surface area contributed by atoms with Crippen molar-refractivity contribution in [2.24, 2.45) is 20.5 Å². The fraction of sp³-hybridized carbons (Fsp3) is 0. The van der Waals surface area contributed by atoms with Gasteiger partial charge in [0.25, 0.3) is 0 Å². The molecular weight excluding hydrogens is 366 g/mol. The van der Waals surface area contributed by atoms with Gasteiger partial charge in [0.15, 0.2) is 16.4 Å². The summed E-state index contributed by atoms with van der Waals surface area (Å²) in [5, 5.41) is 36.9. The highest BCUT2D eigenvalue weighted by Crippen LogP contribution is 2.44. The van der Waals surface area contributed by atoms with Gasteiger partial charge in [0.2, 0.25) is 0 Å². The van der Waals surface area contributed by atoms with Gasteiger partial charge in [0.1, 0.15) is 22.5 Å². The molecule has 2 N–H and O–H groups in total. The topological polar surface area (TPSA) is 129 Å². The molecule has 0 radical (unpaired) electrons. The number of aromatic hydroxyl groups is 2. The molecule has 1 aromatic carbocycles. The standard InChI is InChI=1S/C17H11N7O2S/c25-13-4-3-12(16(26)15(13)22-20-10-5-8-18-9-6-10)21-23-17-14-11(24-27-17)2-1-7-19-14/h1-9,25-26H/b22-20+,23-21+. The normalized spacial score (nSPS) is 11.7. The second-order valence-corrected chi connectivity index (χ2v) is 6.02. The van der Waals surface area contributed by atoms with Crippen molar-refractivity contribution in [1.29, 1.82) is 0 Å². The zero-order valence-electron chi connectivity index (χ0n) is 13.6. The molecule has 0 saturated heterocycles. The number of phenols is 2. The van der Waals surface area contributed by atoms with E-state index in [2.05, 4.69) is 34.8 Å². The molecule has 0 spiro atoms. The number of phenolic OH excluding ortho intramolecular Hbond substituents is 2. The number of hydrogen-bond acceptors (Lipinski definition) is 10. The maximum Gasteiger partial charge on any atom is 0.184 e. The van der Waals surface area contributed by atoms with Gasteiger partial charge in [0.05, 0.1) is 5.69 Å². The third-order valence-corrected chi connectivity index (χ3v) is 4.24. The van der Waals surface area contributed by atoms with Crippen LogP contribution in [0.2, 0.25) is 0 Å². The Morgan fingerprint density at radius 1 is 0.852 bits per heavy atom. The van der Waals surface area contributed by atoms with Crippen molar-refractivity contribution in [2.75, 3.05) is 0 Å². The van der Waals surface area contributed by atoms with E-state index in [1.54, 1.807) is 36.8 Å². The first-order valence-electron chi connectivity index (χ1n) is 7.71. The first kappa shape index (κ1) is 16.7. The molecule has 0 aliphatic rings. The molecule has 0 aliphatic carbocycles. The number of fused-ring (bicyclic) bond motifs is 1. The lowest BCUT2D eigenvalue weighted by Crippen LogP contribution is -1.74. The fourth-order valence-corrected chi connectivity index (χ4v) is 2.85. The van der Waals surface area contributed by atoms with E-state index in [4.69, 9.17) is 0 Å². The van der Waals surface area contributed by atoms with Gasteiger partial charge in [-0.2, -0.15) is 9.49 Å². The maximum atomic E-state index is 10.4. The highest BCUT2D eigenvalue weighted by molar-refractivity contribution is 7.11. The Morgan fingerprint density at radius 2 is 1.70 bits per heavy atom. The van der Waals surface area contributed by atoms with Crippen molar-refractivity contribution >= 4 is 44.6 Å². The van der Waals surface area contributed by atoms with Crippen LogP contribution in [0.3, 0.4) is 0 Å². The molecule has 132 valence electrons. The van der Waals surface area contributed by atoms with Crippen LogP contribution in [0.5, 0.6) is 11.5 Å². The summed E-state index contributed by atoms with van der Waals surface area (Å²) in [6.45, 7) is 0. The molecule has 4 rings (SSSR count). The van der Waals surface area contributed by atoms with E-state index in [1.807, 2.05) is 6.07 Å². The summed E-state index contributed by atoms with van der Waals surface area (Å²) in [6, 6.07) is 9.68. The second kappa shape index (κ2) is 7.22. The zero-order valence-corrected chi connectivity index (χ0v) is 14.4. The molecule has 0 fully saturated rings. The number of hydrogen-bond donors (Lipinski definition) is 2. The van der Waals surface area contributed by atoms with Gasteiger partial charge in [-0.25, -0.2) is 0 Å². The molecule has 4 aromatic rings. The molecule has 0 atom stereocenters. The van der Waals surface area contributed by atoms with Gasteiger partial charge in [-0.05, 0) is 47.9 Å². The number of benzene rings is 1. The van der Waals surface area contributed by atoms with E-state index in [-0.39, 0.29) is 22.9 Å². The lowest BCUT2D eigenvalue weighted by atomic mass is 10.2. The van der Waals surface area contributed by atoms with Crippen molar-refractivity contribution in [3.8, 4) is 11.5 Å². The summed E-state index contributed by atoms with van der Waals surface area (Å²) in [5.41, 5.74) is 1.91. The molecule has 0 amide bonds. The van der Waals surface area contributed by atoms with E-state index in [1.165, 1.54) is 12.1 Å². The van der Waals surface area contributed by atoms with Gasteiger partial charge in [-0.1, -0.05) is 0 Å². The molecular formula is C17H11N7O2S. The number of aromatic nitrogens is 3. The van der Waals surface area contributed by atoms with Gasteiger partial charge in [-0.3, -0.25) is 9.97 Å². The predicted octanol–water partition coefficient (Wildman–Crippen LogP) is 5.33. The first-order chi connectivity index (χ1) is 13.2. The molecule has 3 heterocycles. The lowest BCUT2D eigenvalue weighted by Gasteiger charge is -2.03. The molecule has 0 unspecified atom stereocenters. The van der Waals surface area contributed by atoms with Crippen LogP contribution >= 0.6 is 11.5 Å². The van der Waals surface area contributed by atoms with Crippen LogP contribution in [0.25, 0.3) is 11.0 Å². The number of nitrogens with zero attached hydrogens (tertiary/aromatic N) is 7. The van der Waals surface area contributed by atoms with Gasteiger partial charge >= 0.3 is 0 Å². The summed E-state index contributed by atoms with van der Waals surface area (Å²) < 4.78 is 4.23. The van der Waals surface area contributed by atoms with Gasteiger partial charge in [-0.15, -0.1) is 15.3 Å². The second-order valence-electron chi connectivity index (χ2n) is 5.27. The van der Waals surface area contributed by atoms with Crippen LogP contribution in [-0.4, -0.2) is 24.6 Å². The monoisotopic (exact) mass is 377 g/mol. The third kappa shape index (κ3) is 3.46. The third-order valence-electron chi connectivity index (χ3n) is 3.50. The smallest absolute Gasteiger partial charge is 0.184 e. The van der Waals surface area contributed by atoms with Crippen molar-refractivity contribution in [3.05, 3.63) is 55.0 Å². The summed E-state index contributed by atoms with van der Waals surface area (Å²) >= 11 is 1.15. The van der Waals surface area contributed by atoms with E-state index >= 15 is 0 Å². The first-order valence-corrected chi connectivity index (χ1v) is 8.48. The SMILES string of the molecule is Oc1ccc(/N=N/c2snc3cccnc23)c(O)c1/N=N/c1ccncc1. The van der Waals surface area contributed by atoms with E-state index in [0.29, 0.717) is 16.2 Å². The zero-order chi connectivity index (χ0) is 18.6. The van der Waals surface area contributed by atoms with E-state index in [0.717, 1.165) is 17.0 Å². The quantitative estimate of drug-likeness (QED) is 0.464. The van der Waals surface area contributed by atoms with Crippen LogP contribution in [0.1, 0.15) is 0 Å². The van der Waals surface area contributed by atoms with E-state index in [9.17, 15) is 10.2 Å². The fourth-order valence-electron chi connectivity index (χ4n) is 2.19. The van der Waals surface area contributed by atoms with Crippen LogP contribution in [-0.2, 0) is 0 Å². The molecule has 10 heteroatoms. The Bertz CT molecular complexity index is 1160. The average molecular weight is 377 g/mol. The van der Waals surface area contributed by atoms with Crippen molar-refractivity contribution < 1.29 is 10.2 Å². The summed E-state index contributed by atoms with van der Waals surface area (Å²) in [5.74, 6) is -0.563. The van der Waals surface area contributed by atoms with Crippen molar-refractivity contribution in [3.63, 3.8) is 0 Å². The molecule has 3 aromatic heterocycles. The number of pyridine rings is 2. The summed E-state index contributed by atoms with van der Waals surface area (Å²) in [7, 11) is 0. The molecule has 27 heavy (non-hydrogen) atoms. The van der Waals surface area contributed by atoms with E-state index < -0.39 is 0 Å². The Morgan fingerprint density at radius 3 is 2.56 bits per heavy atom. The Balaban J connectivity index is 1.67. The molecule has 9 nitrogen and oxygen atoms in total. The minimum atomic E-state index is -0.335. The Hall–Kier alpha value is -3.79. The Kier molecular flexibility index (Phi) is 4.45. The maximum absolute atomic E-state index is 10.4. The largest absolute Gasteiger partial charge is 0.505 e. The summed E-state index contributed by atoms with van der Waals surface area (Å²) in [4.78, 5) is 8.11.